The molecule has 4 unspecified atom stereocenters. The van der Waals surface area contributed by atoms with Crippen molar-refractivity contribution in [2.45, 2.75) is 52.1 Å². The summed E-state index contributed by atoms with van der Waals surface area (Å²) >= 11 is 0. The highest BCUT2D eigenvalue weighted by Crippen LogP contribution is 2.53. The zero-order valence-electron chi connectivity index (χ0n) is 8.21. The van der Waals surface area contributed by atoms with Gasteiger partial charge in [0.25, 0.3) is 0 Å². The molecule has 2 fully saturated rings. The van der Waals surface area contributed by atoms with Crippen LogP contribution in [0.3, 0.4) is 0 Å². The minimum Gasteiger partial charge on any atom is -0.393 e. The first-order valence-corrected chi connectivity index (χ1v) is 5.30. The fraction of sp³-hybridized carbons (Fsp3) is 1.00. The summed E-state index contributed by atoms with van der Waals surface area (Å²) in [6.07, 6.45) is 6.25. The van der Waals surface area contributed by atoms with Gasteiger partial charge in [0.15, 0.2) is 0 Å². The molecular weight excluding hydrogens is 148 g/mol. The molecule has 1 nitrogen and oxygen atoms in total. The van der Waals surface area contributed by atoms with Gasteiger partial charge in [0.2, 0.25) is 0 Å². The molecule has 0 heterocycles. The summed E-state index contributed by atoms with van der Waals surface area (Å²) in [4.78, 5) is 0. The number of hydrogen-bond acceptors (Lipinski definition) is 1. The lowest BCUT2D eigenvalue weighted by molar-refractivity contribution is 0.0366. The Morgan fingerprint density at radius 1 is 1.25 bits per heavy atom. The van der Waals surface area contributed by atoms with Gasteiger partial charge >= 0.3 is 0 Å². The SMILES string of the molecule is CC1CCC2C(O)CCC2(C)C1. The fourth-order valence-electron chi connectivity index (χ4n) is 3.49. The first-order valence-electron chi connectivity index (χ1n) is 5.30. The van der Waals surface area contributed by atoms with Crippen molar-refractivity contribution in [2.75, 3.05) is 0 Å². The molecular formula is C11H20O. The molecule has 0 amide bonds. The lowest BCUT2D eigenvalue weighted by Gasteiger charge is -2.40. The second-order valence-electron chi connectivity index (χ2n) is 5.25. The van der Waals surface area contributed by atoms with Gasteiger partial charge in [0, 0.05) is 0 Å². The van der Waals surface area contributed by atoms with E-state index in [0.29, 0.717) is 11.3 Å². The van der Waals surface area contributed by atoms with E-state index < -0.39 is 0 Å². The molecule has 2 saturated carbocycles. The summed E-state index contributed by atoms with van der Waals surface area (Å²) in [5.41, 5.74) is 0.483. The molecule has 2 aliphatic carbocycles. The van der Waals surface area contributed by atoms with E-state index in [4.69, 9.17) is 0 Å². The normalized spacial score (nSPS) is 53.8. The van der Waals surface area contributed by atoms with Crippen molar-refractivity contribution in [3.8, 4) is 0 Å². The fourth-order valence-corrected chi connectivity index (χ4v) is 3.49. The Morgan fingerprint density at radius 3 is 2.75 bits per heavy atom. The summed E-state index contributed by atoms with van der Waals surface area (Å²) in [5.74, 6) is 1.50. The van der Waals surface area contributed by atoms with Crippen molar-refractivity contribution in [2.24, 2.45) is 17.3 Å². The largest absolute Gasteiger partial charge is 0.393 e. The molecule has 0 aromatic carbocycles. The summed E-state index contributed by atoms with van der Waals surface area (Å²) < 4.78 is 0. The first kappa shape index (κ1) is 8.55. The van der Waals surface area contributed by atoms with Crippen molar-refractivity contribution in [3.63, 3.8) is 0 Å². The molecule has 0 bridgehead atoms. The average Bonchev–Trinajstić information content (AvgIpc) is 2.27. The van der Waals surface area contributed by atoms with Crippen LogP contribution in [-0.2, 0) is 0 Å². The highest BCUT2D eigenvalue weighted by Gasteiger charge is 2.46. The molecule has 1 N–H and O–H groups in total. The van der Waals surface area contributed by atoms with Crippen LogP contribution in [0.15, 0.2) is 0 Å². The van der Waals surface area contributed by atoms with Crippen molar-refractivity contribution in [1.29, 1.82) is 0 Å². The third-order valence-corrected chi connectivity index (χ3v) is 4.16. The number of fused-ring (bicyclic) bond motifs is 1. The molecule has 1 heteroatoms. The lowest BCUT2D eigenvalue weighted by Crippen LogP contribution is -2.33. The van der Waals surface area contributed by atoms with E-state index in [1.165, 1.54) is 25.7 Å². The third-order valence-electron chi connectivity index (χ3n) is 4.16. The molecule has 0 aromatic heterocycles. The van der Waals surface area contributed by atoms with E-state index in [1.807, 2.05) is 0 Å². The molecule has 4 atom stereocenters. The van der Waals surface area contributed by atoms with Gasteiger partial charge in [-0.05, 0) is 42.9 Å². The molecule has 12 heavy (non-hydrogen) atoms. The second kappa shape index (κ2) is 2.73. The van der Waals surface area contributed by atoms with Crippen LogP contribution >= 0.6 is 0 Å². The second-order valence-corrected chi connectivity index (χ2v) is 5.25. The van der Waals surface area contributed by atoms with Crippen LogP contribution in [-0.4, -0.2) is 11.2 Å². The smallest absolute Gasteiger partial charge is 0.0573 e. The zero-order valence-corrected chi connectivity index (χ0v) is 8.21. The standard InChI is InChI=1S/C11H20O/c1-8-3-4-9-10(12)5-6-11(9,2)7-8/h8-10,12H,3-7H2,1-2H3. The van der Waals surface area contributed by atoms with Crippen molar-refractivity contribution < 1.29 is 5.11 Å². The van der Waals surface area contributed by atoms with Gasteiger partial charge in [-0.15, -0.1) is 0 Å². The van der Waals surface area contributed by atoms with Crippen molar-refractivity contribution in [3.05, 3.63) is 0 Å². The van der Waals surface area contributed by atoms with Crippen LogP contribution in [0.2, 0.25) is 0 Å². The minimum absolute atomic E-state index is 0.0162. The van der Waals surface area contributed by atoms with Gasteiger partial charge in [-0.1, -0.05) is 20.3 Å². The number of hydrogen-bond donors (Lipinski definition) is 1. The van der Waals surface area contributed by atoms with Gasteiger partial charge in [-0.2, -0.15) is 0 Å². The van der Waals surface area contributed by atoms with Gasteiger partial charge in [-0.25, -0.2) is 0 Å². The van der Waals surface area contributed by atoms with Crippen LogP contribution in [0, 0.1) is 17.3 Å². The molecule has 70 valence electrons. The summed E-state index contributed by atoms with van der Waals surface area (Å²) in [6.45, 7) is 4.73. The van der Waals surface area contributed by atoms with E-state index in [0.717, 1.165) is 12.3 Å². The maximum Gasteiger partial charge on any atom is 0.0573 e. The van der Waals surface area contributed by atoms with Gasteiger partial charge < -0.3 is 5.11 Å². The highest BCUT2D eigenvalue weighted by molar-refractivity contribution is 4.97. The zero-order chi connectivity index (χ0) is 8.77. The Hall–Kier alpha value is -0.0400. The molecule has 0 radical (unpaired) electrons. The van der Waals surface area contributed by atoms with E-state index in [-0.39, 0.29) is 6.10 Å². The Kier molecular flexibility index (Phi) is 1.95. The number of rotatable bonds is 0. The summed E-state index contributed by atoms with van der Waals surface area (Å²) in [5, 5.41) is 9.78. The monoisotopic (exact) mass is 168 g/mol. The Morgan fingerprint density at radius 2 is 2.00 bits per heavy atom. The van der Waals surface area contributed by atoms with Gasteiger partial charge in [0.05, 0.1) is 6.10 Å². The third kappa shape index (κ3) is 1.19. The first-order chi connectivity index (χ1) is 5.62. The lowest BCUT2D eigenvalue weighted by atomic mass is 9.66. The Labute approximate surface area is 75.2 Å². The molecule has 0 saturated heterocycles. The topological polar surface area (TPSA) is 20.2 Å². The highest BCUT2D eigenvalue weighted by atomic mass is 16.3. The summed E-state index contributed by atoms with van der Waals surface area (Å²) in [6, 6.07) is 0. The predicted molar refractivity (Wildman–Crippen MR) is 49.9 cm³/mol. The number of aliphatic hydroxyl groups excluding tert-OH is 1. The average molecular weight is 168 g/mol. The Balaban J connectivity index is 2.14. The van der Waals surface area contributed by atoms with Gasteiger partial charge in [0.1, 0.15) is 0 Å². The maximum absolute atomic E-state index is 9.78. The Bertz CT molecular complexity index is 178. The maximum atomic E-state index is 9.78. The molecule has 0 spiro atoms. The molecule has 0 aliphatic heterocycles. The van der Waals surface area contributed by atoms with E-state index in [2.05, 4.69) is 13.8 Å². The van der Waals surface area contributed by atoms with E-state index in [9.17, 15) is 5.11 Å². The quantitative estimate of drug-likeness (QED) is 0.589. The minimum atomic E-state index is 0.0162. The van der Waals surface area contributed by atoms with Crippen LogP contribution < -0.4 is 0 Å². The predicted octanol–water partition coefficient (Wildman–Crippen LogP) is 2.58. The summed E-state index contributed by atoms with van der Waals surface area (Å²) in [7, 11) is 0. The van der Waals surface area contributed by atoms with E-state index >= 15 is 0 Å². The van der Waals surface area contributed by atoms with E-state index in [1.54, 1.807) is 0 Å². The molecule has 2 aliphatic rings. The van der Waals surface area contributed by atoms with Crippen LogP contribution in [0.1, 0.15) is 46.0 Å². The van der Waals surface area contributed by atoms with Crippen molar-refractivity contribution in [1.82, 2.24) is 0 Å². The number of aliphatic hydroxyl groups is 1. The van der Waals surface area contributed by atoms with Crippen molar-refractivity contribution >= 4 is 0 Å². The van der Waals surface area contributed by atoms with Crippen LogP contribution in [0.25, 0.3) is 0 Å². The van der Waals surface area contributed by atoms with Gasteiger partial charge in [-0.3, -0.25) is 0 Å². The molecule has 2 rings (SSSR count). The van der Waals surface area contributed by atoms with Crippen LogP contribution in [0.5, 0.6) is 0 Å². The van der Waals surface area contributed by atoms with Crippen LogP contribution in [0.4, 0.5) is 0 Å². The molecule has 0 aromatic rings.